The third-order valence-electron chi connectivity index (χ3n) is 3.40. The van der Waals surface area contributed by atoms with E-state index >= 15 is 0 Å². The van der Waals surface area contributed by atoms with Crippen molar-refractivity contribution in [2.45, 2.75) is 38.8 Å². The topological polar surface area (TPSA) is 30.5 Å². The number of halogens is 1. The normalized spacial score (nSPS) is 14.2. The van der Waals surface area contributed by atoms with E-state index in [1.54, 1.807) is 13.2 Å². The molecule has 1 aliphatic carbocycles. The SMILES string of the molecule is C=C(CC)COc1c(CNC2CC2)cc(Cl)cc1OC. The monoisotopic (exact) mass is 295 g/mol. The van der Waals surface area contributed by atoms with E-state index in [0.717, 1.165) is 29.9 Å². The highest BCUT2D eigenvalue weighted by Crippen LogP contribution is 2.35. The van der Waals surface area contributed by atoms with Crippen molar-refractivity contribution in [2.24, 2.45) is 0 Å². The van der Waals surface area contributed by atoms with Crippen molar-refractivity contribution in [3.05, 3.63) is 34.9 Å². The predicted molar refractivity (Wildman–Crippen MR) is 82.8 cm³/mol. The van der Waals surface area contributed by atoms with Crippen LogP contribution in [0.25, 0.3) is 0 Å². The van der Waals surface area contributed by atoms with Gasteiger partial charge in [-0.15, -0.1) is 0 Å². The van der Waals surface area contributed by atoms with Crippen LogP contribution in [0.5, 0.6) is 11.5 Å². The number of ether oxygens (including phenoxy) is 2. The van der Waals surface area contributed by atoms with Crippen molar-refractivity contribution in [3.63, 3.8) is 0 Å². The van der Waals surface area contributed by atoms with E-state index in [-0.39, 0.29) is 0 Å². The lowest BCUT2D eigenvalue weighted by Crippen LogP contribution is -2.16. The highest BCUT2D eigenvalue weighted by molar-refractivity contribution is 6.30. The van der Waals surface area contributed by atoms with Crippen LogP contribution in [-0.2, 0) is 6.54 Å². The molecule has 0 saturated heterocycles. The van der Waals surface area contributed by atoms with Crippen LogP contribution in [0, 0.1) is 0 Å². The summed E-state index contributed by atoms with van der Waals surface area (Å²) in [5.41, 5.74) is 2.09. The summed E-state index contributed by atoms with van der Waals surface area (Å²) in [5, 5.41) is 4.14. The fraction of sp³-hybridized carbons (Fsp3) is 0.500. The summed E-state index contributed by atoms with van der Waals surface area (Å²) in [7, 11) is 1.63. The van der Waals surface area contributed by atoms with Crippen LogP contribution in [0.1, 0.15) is 31.7 Å². The Hall–Kier alpha value is -1.19. The molecule has 0 unspecified atom stereocenters. The average molecular weight is 296 g/mol. The second-order valence-electron chi connectivity index (χ2n) is 5.14. The van der Waals surface area contributed by atoms with Crippen LogP contribution >= 0.6 is 11.6 Å². The third-order valence-corrected chi connectivity index (χ3v) is 3.61. The van der Waals surface area contributed by atoms with Gasteiger partial charge >= 0.3 is 0 Å². The van der Waals surface area contributed by atoms with Gasteiger partial charge in [0.1, 0.15) is 6.61 Å². The molecular weight excluding hydrogens is 274 g/mol. The Morgan fingerprint density at radius 2 is 2.20 bits per heavy atom. The number of hydrogen-bond acceptors (Lipinski definition) is 3. The van der Waals surface area contributed by atoms with Crippen molar-refractivity contribution in [1.82, 2.24) is 5.32 Å². The summed E-state index contributed by atoms with van der Waals surface area (Å²) >= 11 is 6.14. The third kappa shape index (κ3) is 4.15. The minimum atomic E-state index is 0.505. The maximum absolute atomic E-state index is 6.14. The number of methoxy groups -OCH3 is 1. The molecule has 110 valence electrons. The van der Waals surface area contributed by atoms with E-state index in [9.17, 15) is 0 Å². The fourth-order valence-electron chi connectivity index (χ4n) is 1.89. The zero-order chi connectivity index (χ0) is 14.5. The minimum absolute atomic E-state index is 0.505. The molecule has 0 aromatic heterocycles. The molecule has 20 heavy (non-hydrogen) atoms. The smallest absolute Gasteiger partial charge is 0.166 e. The van der Waals surface area contributed by atoms with Gasteiger partial charge in [-0.3, -0.25) is 0 Å². The lowest BCUT2D eigenvalue weighted by molar-refractivity contribution is 0.313. The Morgan fingerprint density at radius 3 is 2.80 bits per heavy atom. The van der Waals surface area contributed by atoms with Crippen molar-refractivity contribution >= 4 is 11.6 Å². The molecule has 4 heteroatoms. The van der Waals surface area contributed by atoms with Crippen LogP contribution in [0.4, 0.5) is 0 Å². The predicted octanol–water partition coefficient (Wildman–Crippen LogP) is 3.95. The summed E-state index contributed by atoms with van der Waals surface area (Å²) in [6.07, 6.45) is 3.41. The summed E-state index contributed by atoms with van der Waals surface area (Å²) in [6.45, 7) is 7.29. The molecule has 1 saturated carbocycles. The van der Waals surface area contributed by atoms with Gasteiger partial charge in [-0.25, -0.2) is 0 Å². The van der Waals surface area contributed by atoms with E-state index in [2.05, 4.69) is 18.8 Å². The Balaban J connectivity index is 2.16. The number of rotatable bonds is 8. The zero-order valence-electron chi connectivity index (χ0n) is 12.2. The number of hydrogen-bond donors (Lipinski definition) is 1. The Morgan fingerprint density at radius 1 is 1.45 bits per heavy atom. The highest BCUT2D eigenvalue weighted by Gasteiger charge is 2.21. The second-order valence-corrected chi connectivity index (χ2v) is 5.58. The molecule has 0 radical (unpaired) electrons. The molecule has 1 aromatic rings. The summed E-state index contributed by atoms with van der Waals surface area (Å²) in [6, 6.07) is 4.36. The Bertz CT molecular complexity index is 484. The molecule has 1 aliphatic rings. The molecule has 1 fully saturated rings. The molecule has 0 atom stereocenters. The maximum Gasteiger partial charge on any atom is 0.166 e. The first-order valence-electron chi connectivity index (χ1n) is 7.03. The van der Waals surface area contributed by atoms with Crippen LogP contribution in [0.3, 0.4) is 0 Å². The standard InChI is InChI=1S/C16H22ClNO2/c1-4-11(2)10-20-16-12(9-18-14-5-6-14)7-13(17)8-15(16)19-3/h7-8,14,18H,2,4-6,9-10H2,1,3H3. The van der Waals surface area contributed by atoms with E-state index in [0.29, 0.717) is 23.4 Å². The average Bonchev–Trinajstić information content (AvgIpc) is 3.26. The van der Waals surface area contributed by atoms with Gasteiger partial charge in [0, 0.05) is 29.2 Å². The first-order valence-corrected chi connectivity index (χ1v) is 7.41. The van der Waals surface area contributed by atoms with Crippen LogP contribution < -0.4 is 14.8 Å². The number of nitrogens with one attached hydrogen (secondary N) is 1. The quantitative estimate of drug-likeness (QED) is 0.737. The van der Waals surface area contributed by atoms with Crippen LogP contribution in [-0.4, -0.2) is 19.8 Å². The Labute approximate surface area is 125 Å². The van der Waals surface area contributed by atoms with Crippen molar-refractivity contribution < 1.29 is 9.47 Å². The molecule has 0 bridgehead atoms. The Kier molecular flexibility index (Phi) is 5.32. The number of benzene rings is 1. The molecule has 1 aromatic carbocycles. The zero-order valence-corrected chi connectivity index (χ0v) is 12.9. The van der Waals surface area contributed by atoms with E-state index in [4.69, 9.17) is 21.1 Å². The largest absolute Gasteiger partial charge is 0.493 e. The van der Waals surface area contributed by atoms with Gasteiger partial charge in [-0.2, -0.15) is 0 Å². The lowest BCUT2D eigenvalue weighted by Gasteiger charge is -2.16. The van der Waals surface area contributed by atoms with Gasteiger partial charge < -0.3 is 14.8 Å². The lowest BCUT2D eigenvalue weighted by atomic mass is 10.1. The first-order chi connectivity index (χ1) is 9.63. The van der Waals surface area contributed by atoms with E-state index in [1.165, 1.54) is 12.8 Å². The first kappa shape index (κ1) is 15.2. The minimum Gasteiger partial charge on any atom is -0.493 e. The fourth-order valence-corrected chi connectivity index (χ4v) is 2.12. The van der Waals surface area contributed by atoms with Crippen LogP contribution in [0.2, 0.25) is 5.02 Å². The van der Waals surface area contributed by atoms with E-state index < -0.39 is 0 Å². The molecule has 3 nitrogen and oxygen atoms in total. The van der Waals surface area contributed by atoms with Crippen molar-refractivity contribution in [2.75, 3.05) is 13.7 Å². The maximum atomic E-state index is 6.14. The van der Waals surface area contributed by atoms with Gasteiger partial charge in [-0.1, -0.05) is 25.1 Å². The molecule has 0 aliphatic heterocycles. The molecule has 1 N–H and O–H groups in total. The molecular formula is C16H22ClNO2. The second kappa shape index (κ2) is 7.00. The summed E-state index contributed by atoms with van der Waals surface area (Å²) in [5.74, 6) is 1.44. The highest BCUT2D eigenvalue weighted by atomic mass is 35.5. The molecule has 0 amide bonds. The van der Waals surface area contributed by atoms with Gasteiger partial charge in [0.05, 0.1) is 7.11 Å². The van der Waals surface area contributed by atoms with Gasteiger partial charge in [0.25, 0.3) is 0 Å². The van der Waals surface area contributed by atoms with Crippen LogP contribution in [0.15, 0.2) is 24.3 Å². The summed E-state index contributed by atoms with van der Waals surface area (Å²) < 4.78 is 11.3. The van der Waals surface area contributed by atoms with Gasteiger partial charge in [0.15, 0.2) is 11.5 Å². The van der Waals surface area contributed by atoms with E-state index in [1.807, 2.05) is 6.07 Å². The van der Waals surface area contributed by atoms with Gasteiger partial charge in [0.2, 0.25) is 0 Å². The molecule has 0 spiro atoms. The van der Waals surface area contributed by atoms with Crippen molar-refractivity contribution in [3.8, 4) is 11.5 Å². The van der Waals surface area contributed by atoms with Crippen molar-refractivity contribution in [1.29, 1.82) is 0 Å². The summed E-state index contributed by atoms with van der Waals surface area (Å²) in [4.78, 5) is 0. The molecule has 2 rings (SSSR count). The van der Waals surface area contributed by atoms with Gasteiger partial charge in [-0.05, 0) is 30.9 Å². The molecule has 0 heterocycles.